The Bertz CT molecular complexity index is 248. The summed E-state index contributed by atoms with van der Waals surface area (Å²) in [7, 11) is 0. The zero-order chi connectivity index (χ0) is 8.81. The minimum Gasteiger partial charge on any atom is -0.174 e. The van der Waals surface area contributed by atoms with E-state index in [1.165, 1.54) is 0 Å². The minimum atomic E-state index is -1.59. The number of rotatable bonds is 3. The highest BCUT2D eigenvalue weighted by Gasteiger charge is 1.90. The summed E-state index contributed by atoms with van der Waals surface area (Å²) in [6.45, 7) is 0. The van der Waals surface area contributed by atoms with Gasteiger partial charge in [-0.2, -0.15) is 8.78 Å². The van der Waals surface area contributed by atoms with Gasteiger partial charge in [-0.05, 0) is 24.5 Å². The number of hydrogen-bond acceptors (Lipinski definition) is 0. The van der Waals surface area contributed by atoms with Crippen molar-refractivity contribution in [1.82, 2.24) is 0 Å². The molecule has 0 fully saturated rings. The molecule has 0 nitrogen and oxygen atoms in total. The van der Waals surface area contributed by atoms with Gasteiger partial charge < -0.3 is 0 Å². The molecular formula is C10H10F2. The van der Waals surface area contributed by atoms with Gasteiger partial charge in [0.05, 0.1) is 0 Å². The summed E-state index contributed by atoms with van der Waals surface area (Å²) in [5.74, 6) is 0. The van der Waals surface area contributed by atoms with Crippen LogP contribution >= 0.6 is 0 Å². The van der Waals surface area contributed by atoms with Crippen molar-refractivity contribution in [3.63, 3.8) is 0 Å². The SMILES string of the molecule is FC(F)=CCCc1ccccc1. The fourth-order valence-electron chi connectivity index (χ4n) is 0.993. The largest absolute Gasteiger partial charge is 0.266 e. The van der Waals surface area contributed by atoms with Crippen LogP contribution in [-0.4, -0.2) is 0 Å². The van der Waals surface area contributed by atoms with Crippen LogP contribution in [0.2, 0.25) is 0 Å². The summed E-state index contributed by atoms with van der Waals surface area (Å²) in [5.41, 5.74) is 1.09. The Balaban J connectivity index is 2.39. The van der Waals surface area contributed by atoms with E-state index in [9.17, 15) is 8.78 Å². The Morgan fingerprint density at radius 2 is 1.83 bits per heavy atom. The van der Waals surface area contributed by atoms with Gasteiger partial charge in [-0.1, -0.05) is 30.3 Å². The van der Waals surface area contributed by atoms with E-state index in [1.54, 1.807) is 0 Å². The zero-order valence-corrected chi connectivity index (χ0v) is 6.63. The third kappa shape index (κ3) is 3.28. The summed E-state index contributed by atoms with van der Waals surface area (Å²) in [4.78, 5) is 0. The van der Waals surface area contributed by atoms with Crippen LogP contribution in [0.4, 0.5) is 8.78 Å². The van der Waals surface area contributed by atoms with Crippen LogP contribution < -0.4 is 0 Å². The number of benzene rings is 1. The second kappa shape index (κ2) is 4.65. The second-order valence-corrected chi connectivity index (χ2v) is 2.52. The average molecular weight is 168 g/mol. The van der Waals surface area contributed by atoms with Gasteiger partial charge in [0.2, 0.25) is 0 Å². The lowest BCUT2D eigenvalue weighted by atomic mass is 10.1. The monoisotopic (exact) mass is 168 g/mol. The smallest absolute Gasteiger partial charge is 0.174 e. The van der Waals surface area contributed by atoms with Gasteiger partial charge in [-0.25, -0.2) is 0 Å². The molecule has 0 saturated heterocycles. The molecule has 0 saturated carbocycles. The number of aryl methyl sites for hydroxylation is 1. The molecule has 0 bridgehead atoms. The van der Waals surface area contributed by atoms with Crippen LogP contribution in [0, 0.1) is 0 Å². The normalized spacial score (nSPS) is 9.50. The molecule has 12 heavy (non-hydrogen) atoms. The predicted octanol–water partition coefficient (Wildman–Crippen LogP) is 3.40. The van der Waals surface area contributed by atoms with Crippen LogP contribution in [0.25, 0.3) is 0 Å². The molecule has 0 unspecified atom stereocenters. The molecular weight excluding hydrogens is 158 g/mol. The molecule has 2 heteroatoms. The molecule has 0 heterocycles. The molecule has 0 N–H and O–H groups in total. The summed E-state index contributed by atoms with van der Waals surface area (Å²) >= 11 is 0. The molecule has 0 radical (unpaired) electrons. The van der Waals surface area contributed by atoms with Gasteiger partial charge in [0.1, 0.15) is 0 Å². The first-order chi connectivity index (χ1) is 5.79. The van der Waals surface area contributed by atoms with Crippen molar-refractivity contribution < 1.29 is 8.78 Å². The molecule has 0 aliphatic carbocycles. The Morgan fingerprint density at radius 1 is 1.17 bits per heavy atom. The fourth-order valence-corrected chi connectivity index (χ4v) is 0.993. The first kappa shape index (κ1) is 8.91. The lowest BCUT2D eigenvalue weighted by molar-refractivity contribution is 0.417. The Kier molecular flexibility index (Phi) is 3.45. The van der Waals surface area contributed by atoms with Crippen LogP contribution in [0.3, 0.4) is 0 Å². The fraction of sp³-hybridized carbons (Fsp3) is 0.200. The number of halogens is 2. The van der Waals surface area contributed by atoms with E-state index in [-0.39, 0.29) is 0 Å². The molecule has 0 atom stereocenters. The third-order valence-electron chi connectivity index (χ3n) is 1.57. The predicted molar refractivity (Wildman–Crippen MR) is 45.1 cm³/mol. The van der Waals surface area contributed by atoms with Crippen molar-refractivity contribution in [2.24, 2.45) is 0 Å². The van der Waals surface area contributed by atoms with Crippen molar-refractivity contribution in [3.05, 3.63) is 48.1 Å². The van der Waals surface area contributed by atoms with E-state index >= 15 is 0 Å². The molecule has 64 valence electrons. The summed E-state index contributed by atoms with van der Waals surface area (Å²) in [6, 6.07) is 9.60. The quantitative estimate of drug-likeness (QED) is 0.648. The van der Waals surface area contributed by atoms with Crippen molar-refractivity contribution in [2.45, 2.75) is 12.8 Å². The molecule has 0 aromatic heterocycles. The van der Waals surface area contributed by atoms with E-state index in [4.69, 9.17) is 0 Å². The molecule has 0 aliphatic rings. The summed E-state index contributed by atoms with van der Waals surface area (Å²) < 4.78 is 23.2. The van der Waals surface area contributed by atoms with Crippen LogP contribution in [0.15, 0.2) is 42.5 Å². The third-order valence-corrected chi connectivity index (χ3v) is 1.57. The maximum atomic E-state index is 11.6. The Hall–Kier alpha value is -1.18. The van der Waals surface area contributed by atoms with Gasteiger partial charge in [0.15, 0.2) is 0 Å². The highest BCUT2D eigenvalue weighted by Crippen LogP contribution is 2.05. The molecule has 0 amide bonds. The lowest BCUT2D eigenvalue weighted by Crippen LogP contribution is -1.81. The zero-order valence-electron chi connectivity index (χ0n) is 6.63. The molecule has 1 aromatic carbocycles. The van der Waals surface area contributed by atoms with Crippen LogP contribution in [0.1, 0.15) is 12.0 Å². The van der Waals surface area contributed by atoms with E-state index < -0.39 is 6.08 Å². The van der Waals surface area contributed by atoms with Crippen LogP contribution in [-0.2, 0) is 6.42 Å². The van der Waals surface area contributed by atoms with Gasteiger partial charge >= 0.3 is 0 Å². The maximum Gasteiger partial charge on any atom is 0.266 e. The van der Waals surface area contributed by atoms with Crippen molar-refractivity contribution in [1.29, 1.82) is 0 Å². The van der Waals surface area contributed by atoms with Gasteiger partial charge in [-0.3, -0.25) is 0 Å². The first-order valence-corrected chi connectivity index (χ1v) is 3.84. The van der Waals surface area contributed by atoms with E-state index in [0.29, 0.717) is 12.8 Å². The second-order valence-electron chi connectivity index (χ2n) is 2.52. The van der Waals surface area contributed by atoms with E-state index in [1.807, 2.05) is 30.3 Å². The highest BCUT2D eigenvalue weighted by atomic mass is 19.3. The minimum absolute atomic E-state index is 0.409. The highest BCUT2D eigenvalue weighted by molar-refractivity contribution is 5.15. The number of allylic oxidation sites excluding steroid dienone is 1. The van der Waals surface area contributed by atoms with Gasteiger partial charge in [0, 0.05) is 0 Å². The Labute approximate surface area is 70.5 Å². The van der Waals surface area contributed by atoms with Crippen molar-refractivity contribution in [3.8, 4) is 0 Å². The van der Waals surface area contributed by atoms with E-state index in [2.05, 4.69) is 0 Å². The average Bonchev–Trinajstić information content (AvgIpc) is 2.05. The van der Waals surface area contributed by atoms with Gasteiger partial charge in [-0.15, -0.1) is 0 Å². The molecule has 0 aliphatic heterocycles. The molecule has 1 aromatic rings. The van der Waals surface area contributed by atoms with Crippen molar-refractivity contribution >= 4 is 0 Å². The van der Waals surface area contributed by atoms with Gasteiger partial charge in [0.25, 0.3) is 6.08 Å². The molecule has 0 spiro atoms. The lowest BCUT2D eigenvalue weighted by Gasteiger charge is -1.95. The summed E-state index contributed by atoms with van der Waals surface area (Å²) in [5, 5.41) is 0. The maximum absolute atomic E-state index is 11.6. The molecule has 1 rings (SSSR count). The topological polar surface area (TPSA) is 0 Å². The van der Waals surface area contributed by atoms with Crippen LogP contribution in [0.5, 0.6) is 0 Å². The van der Waals surface area contributed by atoms with Crippen molar-refractivity contribution in [2.75, 3.05) is 0 Å². The van der Waals surface area contributed by atoms with E-state index in [0.717, 1.165) is 11.6 Å². The Morgan fingerprint density at radius 3 is 2.42 bits per heavy atom. The standard InChI is InChI=1S/C10H10F2/c11-10(12)8-4-7-9-5-2-1-3-6-9/h1-3,5-6,8H,4,7H2. The first-order valence-electron chi connectivity index (χ1n) is 3.84. The number of hydrogen-bond donors (Lipinski definition) is 0. The summed E-state index contributed by atoms with van der Waals surface area (Å²) in [6.07, 6.45) is 0.447.